The Morgan fingerprint density at radius 1 is 1.05 bits per heavy atom. The molecule has 4 aromatic rings. The van der Waals surface area contributed by atoms with E-state index in [4.69, 9.17) is 9.84 Å². The maximum atomic E-state index is 12.7. The molecule has 0 spiro atoms. The topological polar surface area (TPSA) is 87.3 Å². The second-order valence-electron chi connectivity index (χ2n) is 10.9. The first-order chi connectivity index (χ1) is 18.4. The molecular formula is C27H27F3N6O3. The summed E-state index contributed by atoms with van der Waals surface area (Å²) in [5.41, 5.74) is 3.07. The van der Waals surface area contributed by atoms with Crippen molar-refractivity contribution in [2.24, 2.45) is 0 Å². The first kappa shape index (κ1) is 25.2. The highest BCUT2D eigenvalue weighted by Gasteiger charge is 2.38. The van der Waals surface area contributed by atoms with E-state index in [0.29, 0.717) is 30.5 Å². The Hall–Kier alpha value is -4.09. The number of nitrogens with zero attached hydrogens (tertiary/aromatic N) is 6. The number of benzene rings is 1. The van der Waals surface area contributed by atoms with E-state index in [1.807, 2.05) is 43.9 Å². The van der Waals surface area contributed by atoms with Crippen molar-refractivity contribution in [3.05, 3.63) is 54.6 Å². The Kier molecular flexibility index (Phi) is 5.81. The van der Waals surface area contributed by atoms with E-state index in [1.165, 1.54) is 24.3 Å². The van der Waals surface area contributed by atoms with E-state index in [-0.39, 0.29) is 17.8 Å². The van der Waals surface area contributed by atoms with Crippen LogP contribution in [0.15, 0.2) is 48.9 Å². The van der Waals surface area contributed by atoms with Crippen molar-refractivity contribution in [3.63, 3.8) is 0 Å². The van der Waals surface area contributed by atoms with Gasteiger partial charge in [0.15, 0.2) is 5.65 Å². The molecule has 1 aliphatic heterocycles. The number of fused-ring (bicyclic) bond motifs is 1. The number of alkyl halides is 3. The van der Waals surface area contributed by atoms with Gasteiger partial charge >= 0.3 is 12.5 Å². The fourth-order valence-electron chi connectivity index (χ4n) is 4.71. The van der Waals surface area contributed by atoms with Crippen molar-refractivity contribution < 1.29 is 27.4 Å². The summed E-state index contributed by atoms with van der Waals surface area (Å²) in [6.45, 7) is 6.32. The van der Waals surface area contributed by atoms with Crippen LogP contribution in [0.1, 0.15) is 51.3 Å². The third kappa shape index (κ3) is 5.15. The Morgan fingerprint density at radius 2 is 1.77 bits per heavy atom. The first-order valence-corrected chi connectivity index (χ1v) is 12.7. The molecule has 0 unspecified atom stereocenters. The molecule has 0 radical (unpaired) electrons. The van der Waals surface area contributed by atoms with Gasteiger partial charge in [0.1, 0.15) is 11.4 Å². The molecule has 2 aliphatic rings. The predicted molar refractivity (Wildman–Crippen MR) is 136 cm³/mol. The zero-order valence-electron chi connectivity index (χ0n) is 21.6. The zero-order valence-corrected chi connectivity index (χ0v) is 21.6. The lowest BCUT2D eigenvalue weighted by Gasteiger charge is -2.39. The van der Waals surface area contributed by atoms with Gasteiger partial charge in [-0.1, -0.05) is 0 Å². The van der Waals surface area contributed by atoms with E-state index >= 15 is 0 Å². The van der Waals surface area contributed by atoms with Gasteiger partial charge in [-0.2, -0.15) is 10.2 Å². The Balaban J connectivity index is 1.39. The number of halogens is 3. The van der Waals surface area contributed by atoms with Gasteiger partial charge in [-0.25, -0.2) is 14.5 Å². The average Bonchev–Trinajstić information content (AvgIpc) is 3.42. The van der Waals surface area contributed by atoms with Crippen molar-refractivity contribution in [2.45, 2.75) is 57.5 Å². The molecule has 1 aliphatic carbocycles. The van der Waals surface area contributed by atoms with E-state index < -0.39 is 12.0 Å². The van der Waals surface area contributed by atoms with Crippen LogP contribution in [0.3, 0.4) is 0 Å². The quantitative estimate of drug-likeness (QED) is 0.316. The summed E-state index contributed by atoms with van der Waals surface area (Å²) in [5.74, 6) is -0.397. The first-order valence-electron chi connectivity index (χ1n) is 12.7. The predicted octanol–water partition coefficient (Wildman–Crippen LogP) is 5.85. The van der Waals surface area contributed by atoms with Gasteiger partial charge in [0.05, 0.1) is 29.0 Å². The minimum Gasteiger partial charge on any atom is -0.444 e. The highest BCUT2D eigenvalue weighted by atomic mass is 19.4. The van der Waals surface area contributed by atoms with Crippen LogP contribution in [0.25, 0.3) is 27.8 Å². The number of pyridine rings is 1. The lowest BCUT2D eigenvalue weighted by molar-refractivity contribution is -0.274. The third-order valence-corrected chi connectivity index (χ3v) is 6.66. The SMILES string of the molecule is CC(C)(C)OC(=O)N1CC(c2nn(-c3ccc(OC(F)(F)F)cc3)c3nccc(-c4cnn(C5CC5)c4)c23)C1. The fraction of sp³-hybridized carbons (Fsp3) is 0.407. The minimum atomic E-state index is -4.78. The summed E-state index contributed by atoms with van der Waals surface area (Å²) >= 11 is 0. The lowest BCUT2D eigenvalue weighted by Crippen LogP contribution is -2.50. The molecule has 3 aromatic heterocycles. The molecule has 4 heterocycles. The van der Waals surface area contributed by atoms with Gasteiger partial charge in [0, 0.05) is 37.0 Å². The largest absolute Gasteiger partial charge is 0.573 e. The molecule has 0 atom stereocenters. The molecular weight excluding hydrogens is 513 g/mol. The van der Waals surface area contributed by atoms with Crippen molar-refractivity contribution >= 4 is 17.1 Å². The maximum absolute atomic E-state index is 12.7. The standard InChI is InChI=1S/C27H27F3N6O3/c1-26(2,3)39-25(37)34-13-17(14-34)23-22-21(16-12-32-35(15-16)18-4-5-18)10-11-31-24(22)36(33-23)19-6-8-20(9-7-19)38-27(28,29)30/h6-12,15,17-18H,4-5,13-14H2,1-3H3. The molecule has 0 bridgehead atoms. The summed E-state index contributed by atoms with van der Waals surface area (Å²) in [4.78, 5) is 18.8. The van der Waals surface area contributed by atoms with Gasteiger partial charge in [-0.3, -0.25) is 4.68 Å². The van der Waals surface area contributed by atoms with Crippen LogP contribution >= 0.6 is 0 Å². The number of aromatic nitrogens is 5. The Labute approximate surface area is 222 Å². The Morgan fingerprint density at radius 3 is 2.41 bits per heavy atom. The van der Waals surface area contributed by atoms with Gasteiger partial charge in [0.2, 0.25) is 0 Å². The fourth-order valence-corrected chi connectivity index (χ4v) is 4.71. The molecule has 1 saturated heterocycles. The minimum absolute atomic E-state index is 0.0736. The lowest BCUT2D eigenvalue weighted by atomic mass is 9.92. The number of likely N-dealkylation sites (tertiary alicyclic amines) is 1. The van der Waals surface area contributed by atoms with Crippen LogP contribution in [0.5, 0.6) is 5.75 Å². The summed E-state index contributed by atoms with van der Waals surface area (Å²) in [5, 5.41) is 10.2. The molecule has 1 saturated carbocycles. The molecule has 9 nitrogen and oxygen atoms in total. The van der Waals surface area contributed by atoms with Gasteiger partial charge in [0.25, 0.3) is 0 Å². The van der Waals surface area contributed by atoms with Gasteiger partial charge in [-0.15, -0.1) is 13.2 Å². The number of rotatable bonds is 5. The third-order valence-electron chi connectivity index (χ3n) is 6.66. The number of ether oxygens (including phenoxy) is 2. The molecule has 1 aromatic carbocycles. The highest BCUT2D eigenvalue weighted by molar-refractivity contribution is 5.96. The van der Waals surface area contributed by atoms with Crippen molar-refractivity contribution in [1.82, 2.24) is 29.4 Å². The van der Waals surface area contributed by atoms with Crippen molar-refractivity contribution in [1.29, 1.82) is 0 Å². The highest BCUT2D eigenvalue weighted by Crippen LogP contribution is 2.40. The summed E-state index contributed by atoms with van der Waals surface area (Å²) in [7, 11) is 0. The molecule has 39 heavy (non-hydrogen) atoms. The van der Waals surface area contributed by atoms with E-state index in [2.05, 4.69) is 14.8 Å². The van der Waals surface area contributed by atoms with Gasteiger partial charge < -0.3 is 14.4 Å². The number of carbonyl (C=O) groups is 1. The van der Waals surface area contributed by atoms with Crippen LogP contribution < -0.4 is 4.74 Å². The van der Waals surface area contributed by atoms with Crippen LogP contribution in [0.2, 0.25) is 0 Å². The van der Waals surface area contributed by atoms with Crippen LogP contribution in [0.4, 0.5) is 18.0 Å². The smallest absolute Gasteiger partial charge is 0.444 e. The molecule has 0 N–H and O–H groups in total. The normalized spacial score (nSPS) is 16.4. The molecule has 1 amide bonds. The molecule has 12 heteroatoms. The number of hydrogen-bond donors (Lipinski definition) is 0. The number of hydrogen-bond acceptors (Lipinski definition) is 6. The molecule has 2 fully saturated rings. The second kappa shape index (κ2) is 8.99. The van der Waals surface area contributed by atoms with Crippen LogP contribution in [-0.2, 0) is 4.74 Å². The number of carbonyl (C=O) groups excluding carboxylic acids is 1. The van der Waals surface area contributed by atoms with Crippen LogP contribution in [-0.4, -0.2) is 60.6 Å². The summed E-state index contributed by atoms with van der Waals surface area (Å²) < 4.78 is 51.1. The van der Waals surface area contributed by atoms with E-state index in [1.54, 1.807) is 15.8 Å². The van der Waals surface area contributed by atoms with E-state index in [0.717, 1.165) is 35.0 Å². The van der Waals surface area contributed by atoms with Crippen LogP contribution in [0, 0.1) is 0 Å². The Bertz CT molecular complexity index is 1530. The average molecular weight is 541 g/mol. The molecule has 204 valence electrons. The zero-order chi connectivity index (χ0) is 27.5. The van der Waals surface area contributed by atoms with Crippen molar-refractivity contribution in [3.8, 4) is 22.6 Å². The maximum Gasteiger partial charge on any atom is 0.573 e. The van der Waals surface area contributed by atoms with E-state index in [9.17, 15) is 18.0 Å². The van der Waals surface area contributed by atoms with Crippen molar-refractivity contribution in [2.75, 3.05) is 13.1 Å². The summed E-state index contributed by atoms with van der Waals surface area (Å²) in [6, 6.07) is 7.83. The second-order valence-corrected chi connectivity index (χ2v) is 10.9. The van der Waals surface area contributed by atoms with Gasteiger partial charge in [-0.05, 0) is 69.5 Å². The number of amides is 1. The molecule has 6 rings (SSSR count). The summed E-state index contributed by atoms with van der Waals surface area (Å²) in [6.07, 6.45) is 2.57. The monoisotopic (exact) mass is 540 g/mol.